The lowest BCUT2D eigenvalue weighted by Crippen LogP contribution is -2.15. The van der Waals surface area contributed by atoms with Crippen molar-refractivity contribution in [3.05, 3.63) is 96.9 Å². The van der Waals surface area contributed by atoms with Crippen LogP contribution in [0, 0.1) is 5.82 Å². The first-order chi connectivity index (χ1) is 16.7. The molecule has 0 bridgehead atoms. The van der Waals surface area contributed by atoms with Crippen molar-refractivity contribution in [2.45, 2.75) is 18.3 Å². The lowest BCUT2D eigenvalue weighted by molar-refractivity contribution is 0.618. The van der Waals surface area contributed by atoms with Crippen LogP contribution in [0.4, 0.5) is 4.39 Å². The van der Waals surface area contributed by atoms with Gasteiger partial charge in [-0.1, -0.05) is 18.2 Å². The van der Waals surface area contributed by atoms with E-state index < -0.39 is 0 Å². The van der Waals surface area contributed by atoms with Gasteiger partial charge in [-0.25, -0.2) is 14.4 Å². The molecule has 34 heavy (non-hydrogen) atoms. The summed E-state index contributed by atoms with van der Waals surface area (Å²) in [6.07, 6.45) is 10.2. The number of halogens is 1. The molecule has 0 amide bonds. The second-order valence-corrected chi connectivity index (χ2v) is 8.51. The van der Waals surface area contributed by atoms with E-state index in [-0.39, 0.29) is 11.2 Å². The van der Waals surface area contributed by atoms with Gasteiger partial charge in [-0.05, 0) is 48.7 Å². The molecule has 1 aliphatic rings. The van der Waals surface area contributed by atoms with E-state index in [1.807, 2.05) is 18.2 Å². The zero-order valence-electron chi connectivity index (χ0n) is 17.9. The van der Waals surface area contributed by atoms with Gasteiger partial charge in [0.25, 0.3) is 5.78 Å². The highest BCUT2D eigenvalue weighted by atomic mass is 19.1. The number of rotatable bonds is 4. The number of aromatic nitrogens is 8. The monoisotopic (exact) mass is 448 g/mol. The molecule has 0 spiro atoms. The Morgan fingerprint density at radius 1 is 0.941 bits per heavy atom. The molecule has 0 saturated heterocycles. The summed E-state index contributed by atoms with van der Waals surface area (Å²) in [7, 11) is 0. The minimum Gasteiger partial charge on any atom is -0.303 e. The van der Waals surface area contributed by atoms with Gasteiger partial charge in [-0.2, -0.15) is 9.61 Å². The number of hydrogen-bond acceptors (Lipinski definition) is 6. The first-order valence-corrected chi connectivity index (χ1v) is 10.9. The number of pyridine rings is 1. The molecule has 0 radical (unpaired) electrons. The van der Waals surface area contributed by atoms with E-state index in [0.29, 0.717) is 22.7 Å². The molecule has 4 heterocycles. The van der Waals surface area contributed by atoms with Crippen molar-refractivity contribution >= 4 is 16.7 Å². The van der Waals surface area contributed by atoms with Crippen molar-refractivity contribution in [2.24, 2.45) is 0 Å². The number of imidazole rings is 1. The van der Waals surface area contributed by atoms with E-state index >= 15 is 0 Å². The third kappa shape index (κ3) is 2.83. The average Bonchev–Trinajstić information content (AvgIpc) is 3.28. The average molecular weight is 448 g/mol. The van der Waals surface area contributed by atoms with Gasteiger partial charge >= 0.3 is 0 Å². The van der Waals surface area contributed by atoms with Crippen LogP contribution in [0.2, 0.25) is 0 Å². The third-order valence-electron chi connectivity index (χ3n) is 6.49. The van der Waals surface area contributed by atoms with Crippen molar-refractivity contribution < 1.29 is 4.39 Å². The molecule has 4 aromatic heterocycles. The van der Waals surface area contributed by atoms with Crippen LogP contribution >= 0.6 is 0 Å². The standard InChI is InChI=1S/C25H17FN8/c26-19-13-17(3-6-22(19)33-11-10-27-15-33)21-14-29-24-31-30-23(34(24)32-21)25(7-8-25)18-4-5-20-16(12-18)2-1-9-28-20/h1-6,9-15H,7-8H2. The Hall–Kier alpha value is -4.53. The SMILES string of the molecule is Fc1cc(-c2cnc3nnc(C4(c5ccc6ncccc6c5)CC4)n3n2)ccc1-n1ccnc1. The topological polar surface area (TPSA) is 86.7 Å². The minimum atomic E-state index is -0.371. The van der Waals surface area contributed by atoms with Crippen LogP contribution in [0.5, 0.6) is 0 Å². The van der Waals surface area contributed by atoms with Crippen molar-refractivity contribution in [1.29, 1.82) is 0 Å². The number of nitrogens with zero attached hydrogens (tertiary/aromatic N) is 8. The molecule has 1 aliphatic carbocycles. The van der Waals surface area contributed by atoms with Crippen molar-refractivity contribution in [1.82, 2.24) is 39.3 Å². The minimum absolute atomic E-state index is 0.271. The smallest absolute Gasteiger partial charge is 0.271 e. The lowest BCUT2D eigenvalue weighted by Gasteiger charge is -2.14. The second kappa shape index (κ2) is 6.98. The fraction of sp³-hybridized carbons (Fsp3) is 0.120. The number of hydrogen-bond donors (Lipinski definition) is 0. The van der Waals surface area contributed by atoms with Crippen molar-refractivity contribution in [3.8, 4) is 16.9 Å². The molecule has 1 fully saturated rings. The number of benzene rings is 2. The third-order valence-corrected chi connectivity index (χ3v) is 6.49. The van der Waals surface area contributed by atoms with Crippen molar-refractivity contribution in [3.63, 3.8) is 0 Å². The van der Waals surface area contributed by atoms with E-state index in [1.165, 1.54) is 6.07 Å². The molecule has 0 unspecified atom stereocenters. The predicted molar refractivity (Wildman–Crippen MR) is 123 cm³/mol. The molecule has 0 aliphatic heterocycles. The Bertz CT molecular complexity index is 1680. The van der Waals surface area contributed by atoms with Crippen molar-refractivity contribution in [2.75, 3.05) is 0 Å². The first-order valence-electron chi connectivity index (χ1n) is 10.9. The maximum Gasteiger partial charge on any atom is 0.271 e. The van der Waals surface area contributed by atoms with E-state index in [1.54, 1.807) is 46.3 Å². The quantitative estimate of drug-likeness (QED) is 0.403. The Morgan fingerprint density at radius 2 is 1.88 bits per heavy atom. The summed E-state index contributed by atoms with van der Waals surface area (Å²) >= 11 is 0. The fourth-order valence-electron chi connectivity index (χ4n) is 4.54. The van der Waals surface area contributed by atoms with E-state index in [2.05, 4.69) is 43.3 Å². The highest BCUT2D eigenvalue weighted by Gasteiger charge is 2.50. The van der Waals surface area contributed by atoms with Gasteiger partial charge in [-0.15, -0.1) is 10.2 Å². The normalized spacial score (nSPS) is 14.6. The molecule has 9 heteroatoms. The highest BCUT2D eigenvalue weighted by molar-refractivity contribution is 5.79. The zero-order chi connectivity index (χ0) is 22.7. The van der Waals surface area contributed by atoms with Gasteiger partial charge in [0, 0.05) is 29.5 Å². The summed E-state index contributed by atoms with van der Waals surface area (Å²) in [4.78, 5) is 12.8. The van der Waals surface area contributed by atoms with Gasteiger partial charge in [-0.3, -0.25) is 4.98 Å². The lowest BCUT2D eigenvalue weighted by atomic mass is 9.94. The molecule has 8 nitrogen and oxygen atoms in total. The van der Waals surface area contributed by atoms with Gasteiger partial charge < -0.3 is 4.57 Å². The zero-order valence-corrected chi connectivity index (χ0v) is 17.9. The summed E-state index contributed by atoms with van der Waals surface area (Å²) < 4.78 is 18.2. The van der Waals surface area contributed by atoms with Gasteiger partial charge in [0.15, 0.2) is 5.82 Å². The first kappa shape index (κ1) is 19.0. The summed E-state index contributed by atoms with van der Waals surface area (Å²) in [6.45, 7) is 0. The van der Waals surface area contributed by atoms with E-state index in [9.17, 15) is 4.39 Å². The van der Waals surface area contributed by atoms with Crippen LogP contribution < -0.4 is 0 Å². The van der Waals surface area contributed by atoms with Crippen LogP contribution in [0.15, 0.2) is 79.6 Å². The predicted octanol–water partition coefficient (Wildman–Crippen LogP) is 4.14. The molecular weight excluding hydrogens is 431 g/mol. The van der Waals surface area contributed by atoms with Crippen LogP contribution in [0.3, 0.4) is 0 Å². The fourth-order valence-corrected chi connectivity index (χ4v) is 4.54. The summed E-state index contributed by atoms with van der Waals surface area (Å²) in [5.41, 5.74) is 3.43. The molecule has 6 aromatic rings. The molecule has 0 N–H and O–H groups in total. The van der Waals surface area contributed by atoms with Gasteiger partial charge in [0.1, 0.15) is 11.5 Å². The summed E-state index contributed by atoms with van der Waals surface area (Å²) in [5, 5.41) is 14.6. The maximum atomic E-state index is 14.8. The Morgan fingerprint density at radius 3 is 2.71 bits per heavy atom. The van der Waals surface area contributed by atoms with Crippen LogP contribution in [0.25, 0.3) is 33.6 Å². The largest absolute Gasteiger partial charge is 0.303 e. The van der Waals surface area contributed by atoms with Crippen LogP contribution in [-0.2, 0) is 5.41 Å². The maximum absolute atomic E-state index is 14.8. The van der Waals surface area contributed by atoms with Crippen LogP contribution in [0.1, 0.15) is 24.2 Å². The molecule has 0 atom stereocenters. The summed E-state index contributed by atoms with van der Waals surface area (Å²) in [5.74, 6) is 0.795. The van der Waals surface area contributed by atoms with E-state index in [0.717, 1.165) is 35.1 Å². The Balaban J connectivity index is 1.32. The summed E-state index contributed by atoms with van der Waals surface area (Å²) in [6, 6.07) is 15.3. The Kier molecular flexibility index (Phi) is 3.90. The van der Waals surface area contributed by atoms with E-state index in [4.69, 9.17) is 5.10 Å². The molecular formula is C25H17FN8. The molecule has 7 rings (SSSR count). The number of fused-ring (bicyclic) bond motifs is 2. The van der Waals surface area contributed by atoms with Crippen LogP contribution in [-0.4, -0.2) is 39.3 Å². The highest BCUT2D eigenvalue weighted by Crippen LogP contribution is 2.53. The molecule has 2 aromatic carbocycles. The Labute approximate surface area is 192 Å². The second-order valence-electron chi connectivity index (χ2n) is 8.51. The molecule has 1 saturated carbocycles. The van der Waals surface area contributed by atoms with Gasteiger partial charge in [0.05, 0.1) is 29.1 Å². The van der Waals surface area contributed by atoms with Gasteiger partial charge in [0.2, 0.25) is 0 Å². The molecule has 164 valence electrons.